The second kappa shape index (κ2) is 3.04. The fraction of sp³-hybridized carbons (Fsp3) is 0.364. The number of aromatic nitrogens is 3. The first-order chi connectivity index (χ1) is 7.78. The number of ether oxygens (including phenoxy) is 1. The Balaban J connectivity index is 2.16. The quantitative estimate of drug-likeness (QED) is 0.702. The van der Waals surface area contributed by atoms with Crippen molar-refractivity contribution in [1.82, 2.24) is 14.6 Å². The van der Waals surface area contributed by atoms with E-state index in [1.807, 2.05) is 28.8 Å². The van der Waals surface area contributed by atoms with E-state index in [1.165, 1.54) is 7.11 Å². The number of nitrogens with zero attached hydrogens (tertiary/aromatic N) is 3. The van der Waals surface area contributed by atoms with Crippen molar-refractivity contribution in [3.8, 4) is 0 Å². The lowest BCUT2D eigenvalue weighted by Gasteiger charge is -2.09. The number of methoxy groups -OCH3 is 1. The van der Waals surface area contributed by atoms with Gasteiger partial charge in [-0.25, -0.2) is 0 Å². The lowest BCUT2D eigenvalue weighted by Crippen LogP contribution is -2.24. The van der Waals surface area contributed by atoms with Gasteiger partial charge in [-0.1, -0.05) is 6.07 Å². The summed E-state index contributed by atoms with van der Waals surface area (Å²) in [5.41, 5.74) is 0.197. The first-order valence-electron chi connectivity index (χ1n) is 5.16. The van der Waals surface area contributed by atoms with Crippen LogP contribution in [0.3, 0.4) is 0 Å². The molecule has 0 bridgehead atoms. The van der Waals surface area contributed by atoms with Gasteiger partial charge in [-0.15, -0.1) is 10.2 Å². The highest BCUT2D eigenvalue weighted by Gasteiger charge is 2.56. The summed E-state index contributed by atoms with van der Waals surface area (Å²) in [6.07, 6.45) is 3.44. The topological polar surface area (TPSA) is 56.5 Å². The Hall–Kier alpha value is -1.91. The third-order valence-electron chi connectivity index (χ3n) is 3.07. The van der Waals surface area contributed by atoms with Crippen LogP contribution in [0.2, 0.25) is 0 Å². The van der Waals surface area contributed by atoms with Gasteiger partial charge >= 0.3 is 5.97 Å². The van der Waals surface area contributed by atoms with Gasteiger partial charge in [-0.05, 0) is 25.0 Å². The van der Waals surface area contributed by atoms with Crippen LogP contribution in [0.25, 0.3) is 5.65 Å². The molecule has 0 aromatic carbocycles. The number of fused-ring (bicyclic) bond motifs is 1. The van der Waals surface area contributed by atoms with Gasteiger partial charge in [0.25, 0.3) is 0 Å². The van der Waals surface area contributed by atoms with Crippen LogP contribution in [0.4, 0.5) is 0 Å². The molecule has 82 valence electrons. The zero-order valence-corrected chi connectivity index (χ0v) is 8.88. The molecule has 1 saturated carbocycles. The first kappa shape index (κ1) is 9.33. The lowest BCUT2D eigenvalue weighted by molar-refractivity contribution is -0.143. The molecule has 5 heteroatoms. The van der Waals surface area contributed by atoms with Crippen LogP contribution < -0.4 is 0 Å². The van der Waals surface area contributed by atoms with E-state index in [0.717, 1.165) is 18.5 Å². The molecule has 2 aromatic heterocycles. The standard InChI is InChI=1S/C11H11N3O2/c1-16-10(15)11(5-6-11)9-13-12-8-4-2-3-7-14(8)9/h2-4,7H,5-6H2,1H3. The predicted octanol–water partition coefficient (Wildman–Crippen LogP) is 0.934. The number of carbonyl (C=O) groups excluding carboxylic acids is 1. The SMILES string of the molecule is COC(=O)C1(c2nnc3ccccn23)CC1. The molecule has 0 aliphatic heterocycles. The molecule has 0 radical (unpaired) electrons. The summed E-state index contributed by atoms with van der Waals surface area (Å²) in [5, 5.41) is 8.16. The summed E-state index contributed by atoms with van der Waals surface area (Å²) in [5.74, 6) is 0.473. The van der Waals surface area contributed by atoms with Gasteiger partial charge in [0.2, 0.25) is 0 Å². The minimum atomic E-state index is -0.560. The van der Waals surface area contributed by atoms with Gasteiger partial charge in [-0.2, -0.15) is 0 Å². The fourth-order valence-electron chi connectivity index (χ4n) is 2.01. The van der Waals surface area contributed by atoms with E-state index in [2.05, 4.69) is 10.2 Å². The van der Waals surface area contributed by atoms with Gasteiger partial charge in [0, 0.05) is 6.20 Å². The maximum absolute atomic E-state index is 11.7. The van der Waals surface area contributed by atoms with Crippen molar-refractivity contribution in [2.24, 2.45) is 0 Å². The number of esters is 1. The van der Waals surface area contributed by atoms with E-state index in [1.54, 1.807) is 0 Å². The Morgan fingerprint density at radius 3 is 2.94 bits per heavy atom. The molecule has 2 heterocycles. The predicted molar refractivity (Wildman–Crippen MR) is 55.9 cm³/mol. The number of hydrogen-bond acceptors (Lipinski definition) is 4. The average molecular weight is 217 g/mol. The van der Waals surface area contributed by atoms with E-state index in [0.29, 0.717) is 5.82 Å². The number of rotatable bonds is 2. The Morgan fingerprint density at radius 1 is 1.44 bits per heavy atom. The highest BCUT2D eigenvalue weighted by Crippen LogP contribution is 2.48. The summed E-state index contributed by atoms with van der Waals surface area (Å²) in [4.78, 5) is 11.7. The maximum Gasteiger partial charge on any atom is 0.319 e. The maximum atomic E-state index is 11.7. The van der Waals surface area contributed by atoms with Crippen molar-refractivity contribution in [3.63, 3.8) is 0 Å². The van der Waals surface area contributed by atoms with Crippen molar-refractivity contribution < 1.29 is 9.53 Å². The second-order valence-electron chi connectivity index (χ2n) is 4.03. The molecule has 5 nitrogen and oxygen atoms in total. The molecule has 0 atom stereocenters. The molecule has 0 N–H and O–H groups in total. The molecule has 3 rings (SSSR count). The third-order valence-corrected chi connectivity index (χ3v) is 3.07. The molecule has 16 heavy (non-hydrogen) atoms. The fourth-order valence-corrected chi connectivity index (χ4v) is 2.01. The molecule has 1 aliphatic carbocycles. The van der Waals surface area contributed by atoms with E-state index in [-0.39, 0.29) is 5.97 Å². The van der Waals surface area contributed by atoms with E-state index < -0.39 is 5.41 Å². The van der Waals surface area contributed by atoms with Gasteiger partial charge in [-0.3, -0.25) is 9.20 Å². The third kappa shape index (κ3) is 1.08. The number of hydrogen-bond donors (Lipinski definition) is 0. The van der Waals surface area contributed by atoms with Gasteiger partial charge in [0.05, 0.1) is 7.11 Å². The monoisotopic (exact) mass is 217 g/mol. The van der Waals surface area contributed by atoms with Crippen LogP contribution in [0, 0.1) is 0 Å². The van der Waals surface area contributed by atoms with Crippen molar-refractivity contribution in [2.75, 3.05) is 7.11 Å². The number of carbonyl (C=O) groups is 1. The highest BCUT2D eigenvalue weighted by atomic mass is 16.5. The zero-order chi connectivity index (χ0) is 11.2. The van der Waals surface area contributed by atoms with Gasteiger partial charge < -0.3 is 4.74 Å². The summed E-state index contributed by atoms with van der Waals surface area (Å²) < 4.78 is 6.68. The molecule has 2 aromatic rings. The number of pyridine rings is 1. The smallest absolute Gasteiger partial charge is 0.319 e. The molecule has 0 unspecified atom stereocenters. The molecular weight excluding hydrogens is 206 g/mol. The van der Waals surface area contributed by atoms with E-state index in [9.17, 15) is 4.79 Å². The average Bonchev–Trinajstić information content (AvgIpc) is 3.02. The van der Waals surface area contributed by atoms with Crippen LogP contribution in [0.1, 0.15) is 18.7 Å². The van der Waals surface area contributed by atoms with Crippen molar-refractivity contribution in [3.05, 3.63) is 30.2 Å². The van der Waals surface area contributed by atoms with Crippen LogP contribution >= 0.6 is 0 Å². The second-order valence-corrected chi connectivity index (χ2v) is 4.03. The Labute approximate surface area is 92.1 Å². The van der Waals surface area contributed by atoms with Crippen LogP contribution in [0.15, 0.2) is 24.4 Å². The Kier molecular flexibility index (Phi) is 1.77. The minimum Gasteiger partial charge on any atom is -0.468 e. The summed E-state index contributed by atoms with van der Waals surface area (Å²) in [6.45, 7) is 0. The van der Waals surface area contributed by atoms with Crippen LogP contribution in [-0.4, -0.2) is 27.7 Å². The van der Waals surface area contributed by atoms with Crippen molar-refractivity contribution in [1.29, 1.82) is 0 Å². The Morgan fingerprint density at radius 2 is 2.25 bits per heavy atom. The Bertz CT molecular complexity index is 557. The first-order valence-corrected chi connectivity index (χ1v) is 5.16. The van der Waals surface area contributed by atoms with Crippen LogP contribution in [-0.2, 0) is 14.9 Å². The molecular formula is C11H11N3O2. The van der Waals surface area contributed by atoms with Crippen molar-refractivity contribution in [2.45, 2.75) is 18.3 Å². The van der Waals surface area contributed by atoms with Crippen LogP contribution in [0.5, 0.6) is 0 Å². The molecule has 1 aliphatic rings. The molecule has 0 saturated heterocycles. The van der Waals surface area contributed by atoms with Gasteiger partial charge in [0.15, 0.2) is 11.5 Å². The highest BCUT2D eigenvalue weighted by molar-refractivity contribution is 5.85. The largest absolute Gasteiger partial charge is 0.468 e. The summed E-state index contributed by atoms with van der Waals surface area (Å²) in [7, 11) is 1.41. The molecule has 1 fully saturated rings. The summed E-state index contributed by atoms with van der Waals surface area (Å²) in [6, 6.07) is 5.66. The lowest BCUT2D eigenvalue weighted by atomic mass is 10.1. The molecule has 0 amide bonds. The summed E-state index contributed by atoms with van der Waals surface area (Å²) >= 11 is 0. The normalized spacial score (nSPS) is 17.3. The van der Waals surface area contributed by atoms with Gasteiger partial charge in [0.1, 0.15) is 5.41 Å². The van der Waals surface area contributed by atoms with E-state index in [4.69, 9.17) is 4.74 Å². The minimum absolute atomic E-state index is 0.217. The molecule has 0 spiro atoms. The zero-order valence-electron chi connectivity index (χ0n) is 8.88. The van der Waals surface area contributed by atoms with Crippen molar-refractivity contribution >= 4 is 11.6 Å². The van der Waals surface area contributed by atoms with E-state index >= 15 is 0 Å².